The van der Waals surface area contributed by atoms with Crippen LogP contribution < -0.4 is 12.4 Å². The summed E-state index contributed by atoms with van der Waals surface area (Å²) >= 11 is 1.07. The maximum Gasteiger partial charge on any atom is -1.00 e. The van der Waals surface area contributed by atoms with Gasteiger partial charge in [-0.25, -0.2) is 0 Å². The molecule has 0 amide bonds. The van der Waals surface area contributed by atoms with Crippen LogP contribution in [0, 0.1) is 5.92 Å². The van der Waals surface area contributed by atoms with Crippen LogP contribution in [0.2, 0.25) is 3.36 Å². The first-order valence-corrected chi connectivity index (χ1v) is 12.6. The van der Waals surface area contributed by atoms with E-state index in [-0.39, 0.29) is 12.4 Å². The molecule has 0 aliphatic heterocycles. The van der Waals surface area contributed by atoms with Crippen molar-refractivity contribution in [3.8, 4) is 0 Å². The number of rotatable bonds is 14. The van der Waals surface area contributed by atoms with Crippen LogP contribution in [0.4, 0.5) is 0 Å². The van der Waals surface area contributed by atoms with E-state index in [0.717, 1.165) is 28.9 Å². The Morgan fingerprint density at radius 1 is 0.800 bits per heavy atom. The molecule has 2 heteroatoms. The summed E-state index contributed by atoms with van der Waals surface area (Å²) in [4.78, 5) is 0. The molecule has 0 saturated carbocycles. The molecule has 0 heterocycles. The predicted molar refractivity (Wildman–Crippen MR) is 114 cm³/mol. The fourth-order valence-electron chi connectivity index (χ4n) is 3.88. The van der Waals surface area contributed by atoms with Crippen molar-refractivity contribution in [2.24, 2.45) is 5.92 Å². The molecule has 1 aromatic carbocycles. The van der Waals surface area contributed by atoms with Crippen LogP contribution in [0.5, 0.6) is 0 Å². The van der Waals surface area contributed by atoms with Crippen LogP contribution in [0.1, 0.15) is 97.0 Å². The van der Waals surface area contributed by atoms with Gasteiger partial charge in [0.1, 0.15) is 0 Å². The maximum absolute atomic E-state index is 2.43. The number of hydrogen-bond donors (Lipinski definition) is 0. The Bertz CT molecular complexity index is 400. The van der Waals surface area contributed by atoms with Crippen LogP contribution in [-0.4, -0.2) is 23.0 Å². The minimum Gasteiger partial charge on any atom is -1.00 e. The molecular weight excluding hydrogens is 433 g/mol. The van der Waals surface area contributed by atoms with E-state index < -0.39 is 0 Å². The van der Waals surface area contributed by atoms with Crippen molar-refractivity contribution in [1.82, 2.24) is 0 Å². The molecule has 0 aliphatic carbocycles. The van der Waals surface area contributed by atoms with E-state index in [1.54, 1.807) is 5.56 Å². The van der Waals surface area contributed by atoms with Gasteiger partial charge in [0.2, 0.25) is 0 Å². The van der Waals surface area contributed by atoms with E-state index in [0.29, 0.717) is 3.36 Å². The molecule has 0 aliphatic rings. The second kappa shape index (κ2) is 15.4. The molecule has 1 rings (SSSR count). The van der Waals surface area contributed by atoms with Crippen LogP contribution in [0.15, 0.2) is 30.3 Å². The Kier molecular flexibility index (Phi) is 15.6. The molecule has 0 saturated heterocycles. The van der Waals surface area contributed by atoms with E-state index in [1.807, 2.05) is 0 Å². The summed E-state index contributed by atoms with van der Waals surface area (Å²) in [6.07, 6.45) is 17.0. The van der Waals surface area contributed by atoms with Gasteiger partial charge in [-0.1, -0.05) is 0 Å². The fourth-order valence-corrected chi connectivity index (χ4v) is 4.87. The summed E-state index contributed by atoms with van der Waals surface area (Å²) in [5, 5.41) is 0. The first kappa shape index (κ1) is 25.3. The molecule has 1 unspecified atom stereocenters. The summed E-state index contributed by atoms with van der Waals surface area (Å²) in [7, 11) is 0. The van der Waals surface area contributed by atoms with Gasteiger partial charge in [-0.05, 0) is 0 Å². The van der Waals surface area contributed by atoms with Crippen LogP contribution in [0.25, 0.3) is 0 Å². The Labute approximate surface area is 177 Å². The van der Waals surface area contributed by atoms with E-state index in [9.17, 15) is 0 Å². The normalized spacial score (nSPS) is 12.8. The van der Waals surface area contributed by atoms with Crippen molar-refractivity contribution < 1.29 is 12.4 Å². The first-order chi connectivity index (χ1) is 11.7. The average molecular weight is 476 g/mol. The van der Waals surface area contributed by atoms with Crippen molar-refractivity contribution in [2.75, 3.05) is 0 Å². The van der Waals surface area contributed by atoms with E-state index in [1.165, 1.54) is 77.0 Å². The minimum absolute atomic E-state index is 0. The molecule has 0 bridgehead atoms. The summed E-state index contributed by atoms with van der Waals surface area (Å²) in [5.74, 6) is 0.904. The second-order valence-electron chi connectivity index (χ2n) is 7.72. The van der Waals surface area contributed by atoms with E-state index in [4.69, 9.17) is 0 Å². The first-order valence-electron chi connectivity index (χ1n) is 10.6. The van der Waals surface area contributed by atoms with Crippen molar-refractivity contribution in [1.29, 1.82) is 0 Å². The summed E-state index contributed by atoms with van der Waals surface area (Å²) in [6.45, 7) is 7.15. The molecule has 0 nitrogen and oxygen atoms in total. The minimum atomic E-state index is 0. The van der Waals surface area contributed by atoms with E-state index >= 15 is 0 Å². The van der Waals surface area contributed by atoms with Gasteiger partial charge >= 0.3 is 166 Å². The molecule has 0 N–H and O–H groups in total. The molecule has 146 valence electrons. The Morgan fingerprint density at radius 2 is 1.32 bits per heavy atom. The standard InChI is InChI=1S/C23H39.ClH.Sb.3H/c1-4-7-8-9-10-11-12-16-19-23(22(5-2)6-3)20-21-17-14-13-15-18-21;;;;;/h13-15,17-18,23H,4-12,16,19-20H2,1-3H3;1H;;;;/q;;+1;;;/p-1. The molecule has 0 radical (unpaired) electrons. The van der Waals surface area contributed by atoms with Crippen LogP contribution in [-0.2, 0) is 6.42 Å². The van der Waals surface area contributed by atoms with Gasteiger partial charge in [-0.15, -0.1) is 0 Å². The third kappa shape index (κ3) is 10.3. The van der Waals surface area contributed by atoms with Gasteiger partial charge < -0.3 is 12.4 Å². The fraction of sp³-hybridized carbons (Fsp3) is 0.739. The largest absolute Gasteiger partial charge is 1.00 e. The van der Waals surface area contributed by atoms with Crippen molar-refractivity contribution in [3.05, 3.63) is 35.9 Å². The molecule has 0 fully saturated rings. The zero-order valence-corrected chi connectivity index (χ0v) is 21.8. The zero-order valence-electron chi connectivity index (χ0n) is 17.0. The summed E-state index contributed by atoms with van der Waals surface area (Å²) < 4.78 is 0.667. The molecule has 0 spiro atoms. The number of halogens is 1. The smallest absolute Gasteiger partial charge is 1.00 e. The van der Waals surface area contributed by atoms with Gasteiger partial charge in [0.15, 0.2) is 0 Å². The van der Waals surface area contributed by atoms with Gasteiger partial charge in [-0.2, -0.15) is 0 Å². The van der Waals surface area contributed by atoms with Crippen LogP contribution >= 0.6 is 0 Å². The van der Waals surface area contributed by atoms with Crippen molar-refractivity contribution in [2.45, 2.75) is 101 Å². The quantitative estimate of drug-likeness (QED) is 0.284. The summed E-state index contributed by atoms with van der Waals surface area (Å²) in [5.41, 5.74) is 1.55. The van der Waals surface area contributed by atoms with Crippen molar-refractivity contribution >= 4 is 23.0 Å². The Morgan fingerprint density at radius 3 is 1.84 bits per heavy atom. The van der Waals surface area contributed by atoms with Crippen molar-refractivity contribution in [3.63, 3.8) is 0 Å². The van der Waals surface area contributed by atoms with E-state index in [2.05, 4.69) is 51.1 Å². The molecule has 0 aromatic heterocycles. The average Bonchev–Trinajstić information content (AvgIpc) is 2.63. The molecule has 25 heavy (non-hydrogen) atoms. The molecule has 1 aromatic rings. The Hall–Kier alpha value is 0.328. The third-order valence-electron chi connectivity index (χ3n) is 6.01. The number of benzene rings is 1. The topological polar surface area (TPSA) is 0 Å². The predicted octanol–water partition coefficient (Wildman–Crippen LogP) is 3.72. The number of hydrogen-bond acceptors (Lipinski definition) is 0. The molecular formula is C23H42ClSb. The van der Waals surface area contributed by atoms with Gasteiger partial charge in [0, 0.05) is 0 Å². The van der Waals surface area contributed by atoms with Gasteiger partial charge in [0.05, 0.1) is 0 Å². The maximum atomic E-state index is 2.43. The summed E-state index contributed by atoms with van der Waals surface area (Å²) in [6, 6.07) is 11.2. The van der Waals surface area contributed by atoms with Gasteiger partial charge in [0.25, 0.3) is 0 Å². The van der Waals surface area contributed by atoms with Gasteiger partial charge in [-0.3, -0.25) is 0 Å². The van der Waals surface area contributed by atoms with Crippen LogP contribution in [0.3, 0.4) is 0 Å². The SMILES string of the molecule is CCCCCCCCCCC(Cc1ccccc1)[C]([SbH3+])(CC)CC.[Cl-]. The number of unbranched alkanes of at least 4 members (excludes halogenated alkanes) is 7. The monoisotopic (exact) mass is 474 g/mol. The third-order valence-corrected chi connectivity index (χ3v) is 10.5. The Balaban J connectivity index is 0.00000576. The molecule has 1 atom stereocenters. The zero-order chi connectivity index (χ0) is 17.7. The second-order valence-corrected chi connectivity index (χ2v) is 11.7.